The third-order valence-electron chi connectivity index (χ3n) is 3.28. The van der Waals surface area contributed by atoms with Crippen LogP contribution >= 0.6 is 0 Å². The summed E-state index contributed by atoms with van der Waals surface area (Å²) < 4.78 is 5.09. The number of methoxy groups -OCH3 is 1. The molecule has 1 heterocycles. The molecule has 0 spiro atoms. The smallest absolute Gasteiger partial charge is 0.274 e. The second-order valence-corrected chi connectivity index (χ2v) is 5.58. The Morgan fingerprint density at radius 3 is 2.61 bits per heavy atom. The third-order valence-corrected chi connectivity index (χ3v) is 3.28. The largest absolute Gasteiger partial charge is 0.497 e. The van der Waals surface area contributed by atoms with Crippen molar-refractivity contribution in [3.63, 3.8) is 0 Å². The lowest BCUT2D eigenvalue weighted by molar-refractivity contribution is 0.102. The zero-order chi connectivity index (χ0) is 16.7. The molecule has 2 rings (SSSR count). The standard InChI is InChI=1S/C17H22N4O2/c1-12(2)8-9-18-16-10-15(19-11-20-16)17(22)21-13-4-6-14(23-3)7-5-13/h4-7,10-12H,8-9H2,1-3H3,(H,21,22)(H,18,19,20). The highest BCUT2D eigenvalue weighted by atomic mass is 16.5. The Bertz CT molecular complexity index is 641. The summed E-state index contributed by atoms with van der Waals surface area (Å²) in [4.78, 5) is 20.4. The van der Waals surface area contributed by atoms with E-state index in [0.717, 1.165) is 18.7 Å². The van der Waals surface area contributed by atoms with Gasteiger partial charge in [-0.25, -0.2) is 9.97 Å². The molecule has 0 saturated heterocycles. The van der Waals surface area contributed by atoms with Crippen molar-refractivity contribution in [3.05, 3.63) is 42.4 Å². The van der Waals surface area contributed by atoms with Gasteiger partial charge in [0, 0.05) is 18.3 Å². The number of nitrogens with one attached hydrogen (secondary N) is 2. The van der Waals surface area contributed by atoms with Gasteiger partial charge in [0.05, 0.1) is 7.11 Å². The number of nitrogens with zero attached hydrogens (tertiary/aromatic N) is 2. The fraction of sp³-hybridized carbons (Fsp3) is 0.353. The van der Waals surface area contributed by atoms with E-state index in [9.17, 15) is 4.79 Å². The van der Waals surface area contributed by atoms with Crippen LogP contribution in [0.25, 0.3) is 0 Å². The summed E-state index contributed by atoms with van der Waals surface area (Å²) in [5.41, 5.74) is 1.01. The van der Waals surface area contributed by atoms with Crippen LogP contribution in [-0.4, -0.2) is 29.5 Å². The van der Waals surface area contributed by atoms with E-state index in [4.69, 9.17) is 4.74 Å². The lowest BCUT2D eigenvalue weighted by Gasteiger charge is -2.09. The van der Waals surface area contributed by atoms with Crippen molar-refractivity contribution in [1.82, 2.24) is 9.97 Å². The van der Waals surface area contributed by atoms with Crippen LogP contribution in [0.2, 0.25) is 0 Å². The highest BCUT2D eigenvalue weighted by molar-refractivity contribution is 6.03. The molecule has 23 heavy (non-hydrogen) atoms. The second-order valence-electron chi connectivity index (χ2n) is 5.58. The van der Waals surface area contributed by atoms with E-state index in [1.54, 1.807) is 37.4 Å². The maximum atomic E-state index is 12.2. The minimum atomic E-state index is -0.274. The maximum absolute atomic E-state index is 12.2. The molecule has 2 aromatic rings. The third kappa shape index (κ3) is 5.25. The van der Waals surface area contributed by atoms with Gasteiger partial charge in [-0.2, -0.15) is 0 Å². The van der Waals surface area contributed by atoms with Crippen LogP contribution < -0.4 is 15.4 Å². The molecule has 0 radical (unpaired) electrons. The Hall–Kier alpha value is -2.63. The second kappa shape index (κ2) is 8.12. The fourth-order valence-electron chi connectivity index (χ4n) is 1.94. The van der Waals surface area contributed by atoms with Gasteiger partial charge in [-0.05, 0) is 36.6 Å². The van der Waals surface area contributed by atoms with Crippen LogP contribution in [0.5, 0.6) is 5.75 Å². The summed E-state index contributed by atoms with van der Waals surface area (Å²) >= 11 is 0. The Balaban J connectivity index is 1.98. The van der Waals surface area contributed by atoms with E-state index in [-0.39, 0.29) is 5.91 Å². The zero-order valence-electron chi connectivity index (χ0n) is 13.7. The molecule has 1 amide bonds. The Kier molecular flexibility index (Phi) is 5.91. The number of benzene rings is 1. The summed E-state index contributed by atoms with van der Waals surface area (Å²) in [6.07, 6.45) is 2.43. The number of hydrogen-bond donors (Lipinski definition) is 2. The zero-order valence-corrected chi connectivity index (χ0v) is 13.7. The average molecular weight is 314 g/mol. The van der Waals surface area contributed by atoms with Gasteiger partial charge in [-0.15, -0.1) is 0 Å². The summed E-state index contributed by atoms with van der Waals surface area (Å²) in [6.45, 7) is 5.14. The molecular weight excluding hydrogens is 292 g/mol. The predicted octanol–water partition coefficient (Wildman–Crippen LogP) is 3.20. The first-order chi connectivity index (χ1) is 11.1. The first-order valence-electron chi connectivity index (χ1n) is 7.60. The summed E-state index contributed by atoms with van der Waals surface area (Å²) in [6, 6.07) is 8.78. The number of ether oxygens (including phenoxy) is 1. The van der Waals surface area contributed by atoms with Gasteiger partial charge in [-0.1, -0.05) is 13.8 Å². The molecule has 6 nitrogen and oxygen atoms in total. The van der Waals surface area contributed by atoms with Gasteiger partial charge in [0.25, 0.3) is 5.91 Å². The van der Waals surface area contributed by atoms with Gasteiger partial charge in [0.1, 0.15) is 23.6 Å². The Morgan fingerprint density at radius 2 is 1.96 bits per heavy atom. The van der Waals surface area contributed by atoms with E-state index >= 15 is 0 Å². The molecule has 0 saturated carbocycles. The minimum absolute atomic E-state index is 0.274. The highest BCUT2D eigenvalue weighted by Gasteiger charge is 2.09. The van der Waals surface area contributed by atoms with Gasteiger partial charge >= 0.3 is 0 Å². The normalized spacial score (nSPS) is 10.4. The van der Waals surface area contributed by atoms with E-state index in [1.165, 1.54) is 6.33 Å². The SMILES string of the molecule is COc1ccc(NC(=O)c2cc(NCCC(C)C)ncn2)cc1. The molecule has 0 bridgehead atoms. The van der Waals surface area contributed by atoms with Crippen LogP contribution in [0.1, 0.15) is 30.8 Å². The number of carbonyl (C=O) groups is 1. The van der Waals surface area contributed by atoms with Gasteiger partial charge in [-0.3, -0.25) is 4.79 Å². The monoisotopic (exact) mass is 314 g/mol. The average Bonchev–Trinajstić information content (AvgIpc) is 2.55. The summed E-state index contributed by atoms with van der Waals surface area (Å²) in [5.74, 6) is 1.73. The number of amides is 1. The summed E-state index contributed by atoms with van der Waals surface area (Å²) in [5, 5.41) is 6.00. The first-order valence-corrected chi connectivity index (χ1v) is 7.60. The highest BCUT2D eigenvalue weighted by Crippen LogP contribution is 2.16. The molecule has 1 aromatic carbocycles. The van der Waals surface area contributed by atoms with Crippen molar-refractivity contribution in [1.29, 1.82) is 0 Å². The van der Waals surface area contributed by atoms with Crippen LogP contribution in [-0.2, 0) is 0 Å². The van der Waals surface area contributed by atoms with Crippen molar-refractivity contribution >= 4 is 17.4 Å². The number of aromatic nitrogens is 2. The van der Waals surface area contributed by atoms with Crippen molar-refractivity contribution in [2.45, 2.75) is 20.3 Å². The van der Waals surface area contributed by atoms with Crippen LogP contribution in [0, 0.1) is 5.92 Å². The molecule has 1 aromatic heterocycles. The molecule has 6 heteroatoms. The van der Waals surface area contributed by atoms with Gasteiger partial charge < -0.3 is 15.4 Å². The lowest BCUT2D eigenvalue weighted by Crippen LogP contribution is -2.15. The number of carbonyl (C=O) groups excluding carboxylic acids is 1. The van der Waals surface area contributed by atoms with Crippen LogP contribution in [0.15, 0.2) is 36.7 Å². The van der Waals surface area contributed by atoms with Crippen molar-refractivity contribution in [2.75, 3.05) is 24.3 Å². The number of hydrogen-bond acceptors (Lipinski definition) is 5. The van der Waals surface area contributed by atoms with Crippen LogP contribution in [0.3, 0.4) is 0 Å². The lowest BCUT2D eigenvalue weighted by atomic mass is 10.1. The number of anilines is 2. The Morgan fingerprint density at radius 1 is 1.22 bits per heavy atom. The van der Waals surface area contributed by atoms with Crippen molar-refractivity contribution < 1.29 is 9.53 Å². The topological polar surface area (TPSA) is 76.1 Å². The molecule has 0 unspecified atom stereocenters. The molecule has 2 N–H and O–H groups in total. The fourth-order valence-corrected chi connectivity index (χ4v) is 1.94. The number of rotatable bonds is 7. The molecule has 0 fully saturated rings. The minimum Gasteiger partial charge on any atom is -0.497 e. The van der Waals surface area contributed by atoms with Crippen LogP contribution in [0.4, 0.5) is 11.5 Å². The first kappa shape index (κ1) is 16.7. The molecular formula is C17H22N4O2. The quantitative estimate of drug-likeness (QED) is 0.821. The maximum Gasteiger partial charge on any atom is 0.274 e. The Labute approximate surface area is 136 Å². The van der Waals surface area contributed by atoms with E-state index in [0.29, 0.717) is 23.1 Å². The van der Waals surface area contributed by atoms with E-state index in [2.05, 4.69) is 34.4 Å². The molecule has 0 aliphatic rings. The van der Waals surface area contributed by atoms with Crippen molar-refractivity contribution in [3.8, 4) is 5.75 Å². The van der Waals surface area contributed by atoms with Gasteiger partial charge in [0.2, 0.25) is 0 Å². The van der Waals surface area contributed by atoms with Gasteiger partial charge in [0.15, 0.2) is 0 Å². The molecule has 0 atom stereocenters. The van der Waals surface area contributed by atoms with Crippen molar-refractivity contribution in [2.24, 2.45) is 5.92 Å². The van der Waals surface area contributed by atoms with E-state index in [1.807, 2.05) is 0 Å². The molecule has 0 aliphatic heterocycles. The predicted molar refractivity (Wildman–Crippen MR) is 90.9 cm³/mol. The molecule has 0 aliphatic carbocycles. The van der Waals surface area contributed by atoms with E-state index < -0.39 is 0 Å². The molecule has 122 valence electrons. The summed E-state index contributed by atoms with van der Waals surface area (Å²) in [7, 11) is 1.60.